The Balaban J connectivity index is 1.48. The van der Waals surface area contributed by atoms with E-state index in [0.29, 0.717) is 5.92 Å². The van der Waals surface area contributed by atoms with E-state index >= 15 is 0 Å². The lowest BCUT2D eigenvalue weighted by Crippen LogP contribution is -2.25. The number of hydrogen-bond donors (Lipinski definition) is 1. The van der Waals surface area contributed by atoms with Crippen molar-refractivity contribution < 1.29 is 9.50 Å². The number of halogens is 1. The second-order valence-electron chi connectivity index (χ2n) is 6.82. The van der Waals surface area contributed by atoms with E-state index in [0.717, 1.165) is 37.1 Å². The molecular formula is C20H18BFN2O. The number of aromatic hydroxyl groups is 1. The van der Waals surface area contributed by atoms with Gasteiger partial charge in [-0.1, -0.05) is 41.8 Å². The summed E-state index contributed by atoms with van der Waals surface area (Å²) in [7, 11) is 0. The maximum absolute atomic E-state index is 13.2. The van der Waals surface area contributed by atoms with Gasteiger partial charge in [-0.3, -0.25) is 4.90 Å². The highest BCUT2D eigenvalue weighted by molar-refractivity contribution is 6.87. The Morgan fingerprint density at radius 3 is 2.92 bits per heavy atom. The van der Waals surface area contributed by atoms with Gasteiger partial charge in [-0.15, -0.1) is 0 Å². The van der Waals surface area contributed by atoms with Gasteiger partial charge in [0.05, 0.1) is 0 Å². The van der Waals surface area contributed by atoms with Crippen molar-refractivity contribution in [3.8, 4) is 11.7 Å². The number of hydrogen-bond acceptors (Lipinski definition) is 3. The van der Waals surface area contributed by atoms with E-state index in [2.05, 4.69) is 22.9 Å². The predicted molar refractivity (Wildman–Crippen MR) is 97.3 cm³/mol. The number of fused-ring (bicyclic) bond motifs is 1. The number of likely N-dealkylation sites (tertiary alicyclic amines) is 1. The number of phenolic OH excluding ortho intramolecular Hbond substituents is 1. The Labute approximate surface area is 147 Å². The molecule has 0 bridgehead atoms. The minimum absolute atomic E-state index is 0.154. The average molecular weight is 332 g/mol. The molecule has 2 aliphatic heterocycles. The summed E-state index contributed by atoms with van der Waals surface area (Å²) in [6, 6.07) is 12.7. The third-order valence-electron chi connectivity index (χ3n) is 5.26. The summed E-state index contributed by atoms with van der Waals surface area (Å²) in [6.07, 6.45) is 0.988. The van der Waals surface area contributed by atoms with Gasteiger partial charge in [0.25, 0.3) is 0 Å². The zero-order valence-corrected chi connectivity index (χ0v) is 13.8. The minimum Gasteiger partial charge on any atom is -0.505 e. The molecule has 25 heavy (non-hydrogen) atoms. The monoisotopic (exact) mass is 332 g/mol. The highest BCUT2D eigenvalue weighted by Crippen LogP contribution is 2.32. The molecular weight excluding hydrogens is 314 g/mol. The van der Waals surface area contributed by atoms with Crippen LogP contribution in [0.25, 0.3) is 5.57 Å². The first kappa shape index (κ1) is 15.9. The van der Waals surface area contributed by atoms with Crippen LogP contribution in [0, 0.1) is 17.0 Å². The third-order valence-corrected chi connectivity index (χ3v) is 5.26. The minimum atomic E-state index is -0.575. The van der Waals surface area contributed by atoms with Crippen molar-refractivity contribution >= 4 is 17.7 Å². The van der Waals surface area contributed by atoms with Crippen LogP contribution >= 0.6 is 0 Å². The highest BCUT2D eigenvalue weighted by Gasteiger charge is 2.30. The molecule has 2 heterocycles. The van der Waals surface area contributed by atoms with Crippen molar-refractivity contribution in [1.82, 2.24) is 4.90 Å². The largest absolute Gasteiger partial charge is 0.505 e. The van der Waals surface area contributed by atoms with Crippen LogP contribution in [0.5, 0.6) is 5.75 Å². The van der Waals surface area contributed by atoms with Crippen molar-refractivity contribution in [3.63, 3.8) is 0 Å². The molecule has 4 rings (SSSR count). The van der Waals surface area contributed by atoms with Crippen LogP contribution in [0.15, 0.2) is 48.4 Å². The Kier molecular flexibility index (Phi) is 4.06. The molecule has 0 amide bonds. The molecule has 0 aliphatic carbocycles. The van der Waals surface area contributed by atoms with Crippen LogP contribution in [0.3, 0.4) is 0 Å². The smallest absolute Gasteiger partial charge is 0.326 e. The first-order chi connectivity index (χ1) is 12.2. The summed E-state index contributed by atoms with van der Waals surface area (Å²) < 4.78 is 13.2. The maximum atomic E-state index is 13.2. The number of benzene rings is 2. The Morgan fingerprint density at radius 2 is 2.12 bits per heavy atom. The van der Waals surface area contributed by atoms with Crippen LogP contribution < -0.4 is 5.46 Å². The summed E-state index contributed by atoms with van der Waals surface area (Å²) in [6.45, 7) is 2.50. The lowest BCUT2D eigenvalue weighted by Gasteiger charge is -2.18. The first-order valence-electron chi connectivity index (χ1n) is 8.56. The van der Waals surface area contributed by atoms with Crippen LogP contribution in [0.2, 0.25) is 0 Å². The van der Waals surface area contributed by atoms with Gasteiger partial charge in [-0.2, -0.15) is 0 Å². The van der Waals surface area contributed by atoms with Gasteiger partial charge in [-0.05, 0) is 47.7 Å². The molecule has 1 unspecified atom stereocenters. The third kappa shape index (κ3) is 2.94. The van der Waals surface area contributed by atoms with Crippen LogP contribution in [0.1, 0.15) is 23.5 Å². The molecule has 1 saturated heterocycles. The SMILES string of the molecule is N#CB1C=C(CN2CCC(c3ccc(F)c(O)c3)C2)c2ccccc21. The van der Waals surface area contributed by atoms with E-state index in [-0.39, 0.29) is 12.5 Å². The molecule has 0 aromatic heterocycles. The molecule has 3 nitrogen and oxygen atoms in total. The molecule has 5 heteroatoms. The van der Waals surface area contributed by atoms with Gasteiger partial charge in [0, 0.05) is 19.1 Å². The fourth-order valence-electron chi connectivity index (χ4n) is 3.96. The van der Waals surface area contributed by atoms with Crippen molar-refractivity contribution in [3.05, 3.63) is 65.4 Å². The lowest BCUT2D eigenvalue weighted by atomic mass is 9.48. The molecule has 1 N–H and O–H groups in total. The molecule has 1 atom stereocenters. The van der Waals surface area contributed by atoms with Crippen molar-refractivity contribution in [2.45, 2.75) is 12.3 Å². The number of rotatable bonds is 3. The van der Waals surface area contributed by atoms with Crippen molar-refractivity contribution in [2.24, 2.45) is 0 Å². The maximum Gasteiger partial charge on any atom is 0.326 e. The van der Waals surface area contributed by atoms with Gasteiger partial charge in [-0.25, -0.2) is 9.65 Å². The van der Waals surface area contributed by atoms with E-state index in [1.54, 1.807) is 12.1 Å². The normalized spacial score (nSPS) is 19.6. The fourth-order valence-corrected chi connectivity index (χ4v) is 3.96. The number of nitrogens with zero attached hydrogens (tertiary/aromatic N) is 2. The van der Waals surface area contributed by atoms with E-state index in [4.69, 9.17) is 0 Å². The number of nitriles is 1. The molecule has 0 spiro atoms. The molecule has 2 aromatic rings. The van der Waals surface area contributed by atoms with Crippen LogP contribution in [0.4, 0.5) is 4.39 Å². The Morgan fingerprint density at radius 1 is 1.28 bits per heavy atom. The molecule has 0 saturated carbocycles. The molecule has 2 aliphatic rings. The summed E-state index contributed by atoms with van der Waals surface area (Å²) in [4.78, 5) is 2.37. The second-order valence-corrected chi connectivity index (χ2v) is 6.82. The summed E-state index contributed by atoms with van der Waals surface area (Å²) >= 11 is 0. The lowest BCUT2D eigenvalue weighted by molar-refractivity contribution is 0.377. The zero-order chi connectivity index (χ0) is 17.4. The summed E-state index contributed by atoms with van der Waals surface area (Å²) in [5, 5.41) is 19.0. The van der Waals surface area contributed by atoms with Gasteiger partial charge >= 0.3 is 6.71 Å². The Hall–Kier alpha value is -2.58. The van der Waals surface area contributed by atoms with E-state index in [1.807, 2.05) is 18.2 Å². The quantitative estimate of drug-likeness (QED) is 0.879. The molecule has 0 radical (unpaired) electrons. The van der Waals surface area contributed by atoms with E-state index in [1.165, 1.54) is 17.2 Å². The van der Waals surface area contributed by atoms with Crippen molar-refractivity contribution in [2.75, 3.05) is 19.6 Å². The molecule has 2 aromatic carbocycles. The summed E-state index contributed by atoms with van der Waals surface area (Å²) in [5.74, 6) is 3.88. The van der Waals surface area contributed by atoms with Crippen LogP contribution in [-0.4, -0.2) is 36.4 Å². The van der Waals surface area contributed by atoms with E-state index in [9.17, 15) is 14.8 Å². The van der Waals surface area contributed by atoms with Crippen molar-refractivity contribution in [1.29, 1.82) is 5.26 Å². The molecule has 124 valence electrons. The fraction of sp³-hybridized carbons (Fsp3) is 0.250. The zero-order valence-electron chi connectivity index (χ0n) is 13.8. The second kappa shape index (κ2) is 6.38. The topological polar surface area (TPSA) is 47.3 Å². The van der Waals surface area contributed by atoms with Crippen LogP contribution in [-0.2, 0) is 0 Å². The standard InChI is InChI=1S/C20H18BFN2O/c22-19-6-5-14(9-20(19)25)15-7-8-24(11-15)12-16-10-21(13-23)18-4-2-1-3-17(16)18/h1-6,9-10,15,25H,7-8,11-12H2. The molecule has 1 fully saturated rings. The number of phenols is 1. The van der Waals surface area contributed by atoms with Gasteiger partial charge < -0.3 is 5.11 Å². The van der Waals surface area contributed by atoms with Gasteiger partial charge in [0.2, 0.25) is 0 Å². The average Bonchev–Trinajstić information content (AvgIpc) is 3.23. The Bertz CT molecular complexity index is 890. The highest BCUT2D eigenvalue weighted by atomic mass is 19.1. The predicted octanol–water partition coefficient (Wildman–Crippen LogP) is 2.72. The van der Waals surface area contributed by atoms with E-state index < -0.39 is 5.82 Å². The first-order valence-corrected chi connectivity index (χ1v) is 8.56. The van der Waals surface area contributed by atoms with Gasteiger partial charge in [0.15, 0.2) is 11.6 Å². The van der Waals surface area contributed by atoms with Gasteiger partial charge in [0.1, 0.15) is 0 Å². The summed E-state index contributed by atoms with van der Waals surface area (Å²) in [5.41, 5.74) is 4.47.